The molecule has 0 aliphatic carbocycles. The number of hydrogen-bond donors (Lipinski definition) is 3. The average Bonchev–Trinajstić information content (AvgIpc) is 3.04. The Morgan fingerprint density at radius 2 is 1.82 bits per heavy atom. The van der Waals surface area contributed by atoms with Gasteiger partial charge >= 0.3 is 0 Å². The molecule has 3 atom stereocenters. The van der Waals surface area contributed by atoms with Crippen molar-refractivity contribution in [3.8, 4) is 0 Å². The minimum absolute atomic E-state index is 0.000565. The third-order valence-electron chi connectivity index (χ3n) is 4.49. The molecule has 2 amide bonds. The molecule has 1 saturated heterocycles. The van der Waals surface area contributed by atoms with Crippen molar-refractivity contribution >= 4 is 35.0 Å². The summed E-state index contributed by atoms with van der Waals surface area (Å²) in [5.74, 6) is -0.995. The number of ether oxygens (including phenoxy) is 1. The second kappa shape index (κ2) is 9.34. The molecule has 0 radical (unpaired) electrons. The van der Waals surface area contributed by atoms with Gasteiger partial charge in [-0.15, -0.1) is 0 Å². The van der Waals surface area contributed by atoms with Gasteiger partial charge in [0.25, 0.3) is 11.8 Å². The van der Waals surface area contributed by atoms with Crippen LogP contribution in [-0.2, 0) is 4.74 Å². The molecule has 0 saturated carbocycles. The van der Waals surface area contributed by atoms with E-state index in [2.05, 4.69) is 15.6 Å². The predicted molar refractivity (Wildman–Crippen MR) is 105 cm³/mol. The Balaban J connectivity index is 1.49. The van der Waals surface area contributed by atoms with Gasteiger partial charge in [-0.05, 0) is 18.2 Å². The quantitative estimate of drug-likeness (QED) is 0.616. The summed E-state index contributed by atoms with van der Waals surface area (Å²) in [7, 11) is 0. The van der Waals surface area contributed by atoms with E-state index < -0.39 is 18.1 Å². The molecule has 3 N–H and O–H groups in total. The van der Waals surface area contributed by atoms with Crippen molar-refractivity contribution in [2.24, 2.45) is 5.92 Å². The van der Waals surface area contributed by atoms with Crippen molar-refractivity contribution in [2.45, 2.75) is 12.2 Å². The summed E-state index contributed by atoms with van der Waals surface area (Å²) in [6.45, 7) is 0.607. The molecule has 0 unspecified atom stereocenters. The molecule has 1 aromatic carbocycles. The number of aromatic nitrogens is 1. The SMILES string of the molecule is O=C(NC[C@@H]1CO[C@H](CNC(=O)c2c(Cl)ccnc2Cl)[C@H]1O)c1ccccc1. The maximum absolute atomic E-state index is 12.3. The molecule has 28 heavy (non-hydrogen) atoms. The minimum atomic E-state index is -0.837. The Morgan fingerprint density at radius 3 is 2.54 bits per heavy atom. The molecular weight excluding hydrogens is 405 g/mol. The Bertz CT molecular complexity index is 830. The van der Waals surface area contributed by atoms with Crippen molar-refractivity contribution in [1.29, 1.82) is 0 Å². The second-order valence-corrected chi connectivity index (χ2v) is 7.13. The van der Waals surface area contributed by atoms with Crippen LogP contribution in [0.25, 0.3) is 0 Å². The van der Waals surface area contributed by atoms with Crippen LogP contribution in [0.4, 0.5) is 0 Å². The van der Waals surface area contributed by atoms with Crippen LogP contribution in [-0.4, -0.2) is 53.8 Å². The van der Waals surface area contributed by atoms with E-state index in [0.29, 0.717) is 5.56 Å². The van der Waals surface area contributed by atoms with E-state index in [-0.39, 0.29) is 47.3 Å². The zero-order valence-electron chi connectivity index (χ0n) is 14.8. The molecule has 1 aliphatic rings. The summed E-state index contributed by atoms with van der Waals surface area (Å²) in [6.07, 6.45) is -0.0346. The van der Waals surface area contributed by atoms with E-state index in [1.165, 1.54) is 12.3 Å². The smallest absolute Gasteiger partial charge is 0.256 e. The number of halogens is 2. The number of benzene rings is 1. The molecule has 2 aromatic rings. The zero-order valence-corrected chi connectivity index (χ0v) is 16.3. The van der Waals surface area contributed by atoms with Crippen molar-refractivity contribution < 1.29 is 19.4 Å². The molecule has 9 heteroatoms. The van der Waals surface area contributed by atoms with Gasteiger partial charge in [0.05, 0.1) is 23.3 Å². The normalized spacial score (nSPS) is 21.3. The van der Waals surface area contributed by atoms with Crippen LogP contribution in [0.15, 0.2) is 42.6 Å². The maximum atomic E-state index is 12.3. The summed E-state index contributed by atoms with van der Waals surface area (Å²) in [4.78, 5) is 28.2. The molecule has 7 nitrogen and oxygen atoms in total. The maximum Gasteiger partial charge on any atom is 0.256 e. The highest BCUT2D eigenvalue weighted by Crippen LogP contribution is 2.23. The Kier molecular flexibility index (Phi) is 6.85. The number of aliphatic hydroxyl groups excluding tert-OH is 1. The van der Waals surface area contributed by atoms with Crippen LogP contribution >= 0.6 is 23.2 Å². The molecular formula is C19H19Cl2N3O4. The Hall–Kier alpha value is -2.19. The van der Waals surface area contributed by atoms with Gasteiger partial charge in [0.15, 0.2) is 0 Å². The summed E-state index contributed by atoms with van der Waals surface area (Å²) < 4.78 is 5.56. The van der Waals surface area contributed by atoms with Gasteiger partial charge in [-0.25, -0.2) is 4.98 Å². The number of pyridine rings is 1. The van der Waals surface area contributed by atoms with E-state index in [0.717, 1.165) is 0 Å². The monoisotopic (exact) mass is 423 g/mol. The molecule has 1 aromatic heterocycles. The highest BCUT2D eigenvalue weighted by atomic mass is 35.5. The van der Waals surface area contributed by atoms with Crippen LogP contribution < -0.4 is 10.6 Å². The molecule has 0 bridgehead atoms. The first kappa shape index (κ1) is 20.5. The molecule has 1 aliphatic heterocycles. The average molecular weight is 424 g/mol. The topological polar surface area (TPSA) is 101 Å². The van der Waals surface area contributed by atoms with Gasteiger partial charge in [0.1, 0.15) is 11.3 Å². The lowest BCUT2D eigenvalue weighted by atomic mass is 10.0. The zero-order chi connectivity index (χ0) is 20.1. The predicted octanol–water partition coefficient (Wildman–Crippen LogP) is 1.92. The van der Waals surface area contributed by atoms with Crippen molar-refractivity contribution in [3.63, 3.8) is 0 Å². The van der Waals surface area contributed by atoms with Gasteiger partial charge < -0.3 is 20.5 Å². The van der Waals surface area contributed by atoms with Gasteiger partial charge in [-0.1, -0.05) is 41.4 Å². The van der Waals surface area contributed by atoms with Crippen molar-refractivity contribution in [2.75, 3.05) is 19.7 Å². The summed E-state index contributed by atoms with van der Waals surface area (Å²) >= 11 is 11.9. The number of hydrogen-bond acceptors (Lipinski definition) is 5. The number of carbonyl (C=O) groups excluding carboxylic acids is 2. The lowest BCUT2D eigenvalue weighted by Crippen LogP contribution is -2.41. The number of rotatable bonds is 6. The van der Waals surface area contributed by atoms with Crippen molar-refractivity contribution in [3.05, 3.63) is 63.9 Å². The second-order valence-electron chi connectivity index (χ2n) is 6.37. The van der Waals surface area contributed by atoms with E-state index in [1.54, 1.807) is 24.3 Å². The highest BCUT2D eigenvalue weighted by molar-refractivity contribution is 6.38. The number of amides is 2. The van der Waals surface area contributed by atoms with E-state index in [4.69, 9.17) is 27.9 Å². The lowest BCUT2D eigenvalue weighted by molar-refractivity contribution is 0.0384. The van der Waals surface area contributed by atoms with Gasteiger partial charge in [-0.3, -0.25) is 9.59 Å². The fraction of sp³-hybridized carbons (Fsp3) is 0.316. The van der Waals surface area contributed by atoms with Gasteiger partial charge in [0, 0.05) is 30.8 Å². The standard InChI is InChI=1S/C19H19Cl2N3O4/c20-13-6-7-22-17(21)15(13)19(27)24-9-14-16(25)12(10-28-14)8-23-18(26)11-4-2-1-3-5-11/h1-7,12,14,16,25H,8-10H2,(H,23,26)(H,24,27)/t12-,14-,16+/m1/s1. The third-order valence-corrected chi connectivity index (χ3v) is 5.10. The van der Waals surface area contributed by atoms with Crippen LogP contribution in [0, 0.1) is 5.92 Å². The molecule has 1 fully saturated rings. The van der Waals surface area contributed by atoms with Crippen molar-refractivity contribution in [1.82, 2.24) is 15.6 Å². The van der Waals surface area contributed by atoms with Crippen LogP contribution in [0.2, 0.25) is 10.2 Å². The van der Waals surface area contributed by atoms with E-state index in [1.807, 2.05) is 6.07 Å². The van der Waals surface area contributed by atoms with E-state index >= 15 is 0 Å². The first-order valence-electron chi connectivity index (χ1n) is 8.68. The number of nitrogens with zero attached hydrogens (tertiary/aromatic N) is 1. The van der Waals surface area contributed by atoms with Crippen LogP contribution in [0.3, 0.4) is 0 Å². The summed E-state index contributed by atoms with van der Waals surface area (Å²) in [6, 6.07) is 10.3. The fourth-order valence-corrected chi connectivity index (χ4v) is 3.45. The lowest BCUT2D eigenvalue weighted by Gasteiger charge is -2.18. The molecule has 148 valence electrons. The molecule has 2 heterocycles. The highest BCUT2D eigenvalue weighted by Gasteiger charge is 2.36. The number of nitrogens with one attached hydrogen (secondary N) is 2. The molecule has 3 rings (SSSR count). The van der Waals surface area contributed by atoms with E-state index in [9.17, 15) is 14.7 Å². The van der Waals surface area contributed by atoms with Gasteiger partial charge in [0.2, 0.25) is 0 Å². The number of aliphatic hydroxyl groups is 1. The minimum Gasteiger partial charge on any atom is -0.390 e. The largest absolute Gasteiger partial charge is 0.390 e. The Morgan fingerprint density at radius 1 is 1.11 bits per heavy atom. The first-order valence-corrected chi connectivity index (χ1v) is 9.44. The summed E-state index contributed by atoms with van der Waals surface area (Å²) in [5.41, 5.74) is 0.620. The fourth-order valence-electron chi connectivity index (χ4n) is 2.92. The first-order chi connectivity index (χ1) is 13.5. The summed E-state index contributed by atoms with van der Waals surface area (Å²) in [5, 5.41) is 16.1. The van der Waals surface area contributed by atoms with Crippen LogP contribution in [0.1, 0.15) is 20.7 Å². The number of carbonyl (C=O) groups is 2. The molecule has 0 spiro atoms. The third kappa shape index (κ3) is 4.80. The van der Waals surface area contributed by atoms with Crippen LogP contribution in [0.5, 0.6) is 0 Å². The van der Waals surface area contributed by atoms with Gasteiger partial charge in [-0.2, -0.15) is 0 Å². The Labute approximate surface area is 172 Å².